The summed E-state index contributed by atoms with van der Waals surface area (Å²) in [4.78, 5) is 11.1. The van der Waals surface area contributed by atoms with Gasteiger partial charge in [0.2, 0.25) is 0 Å². The molecule has 20 heavy (non-hydrogen) atoms. The summed E-state index contributed by atoms with van der Waals surface area (Å²) in [6.07, 6.45) is -3.74. The molecule has 2 rings (SSSR count). The second-order valence-corrected chi connectivity index (χ2v) is 4.11. The Kier molecular flexibility index (Phi) is 3.79. The Bertz CT molecular complexity index is 616. The summed E-state index contributed by atoms with van der Waals surface area (Å²) >= 11 is 0. The van der Waals surface area contributed by atoms with Crippen LogP contribution in [0.4, 0.5) is 13.2 Å². The minimum atomic E-state index is -4.37. The van der Waals surface area contributed by atoms with Gasteiger partial charge < -0.3 is 4.74 Å². The van der Waals surface area contributed by atoms with E-state index in [0.29, 0.717) is 28.7 Å². The minimum absolute atomic E-state index is 0.315. The SMILES string of the molecule is COc1cccc(-c2ccc(C(F)(F)F)cc2)c1C=O. The van der Waals surface area contributed by atoms with Gasteiger partial charge in [-0.2, -0.15) is 13.2 Å². The van der Waals surface area contributed by atoms with E-state index in [1.807, 2.05) is 0 Å². The zero-order valence-corrected chi connectivity index (χ0v) is 10.6. The summed E-state index contributed by atoms with van der Waals surface area (Å²) in [7, 11) is 1.43. The van der Waals surface area contributed by atoms with Crippen molar-refractivity contribution in [1.29, 1.82) is 0 Å². The lowest BCUT2D eigenvalue weighted by molar-refractivity contribution is -0.137. The van der Waals surface area contributed by atoms with E-state index in [-0.39, 0.29) is 0 Å². The Morgan fingerprint density at radius 2 is 1.70 bits per heavy atom. The molecular weight excluding hydrogens is 269 g/mol. The zero-order valence-electron chi connectivity index (χ0n) is 10.6. The van der Waals surface area contributed by atoms with Crippen LogP contribution in [0.2, 0.25) is 0 Å². The molecule has 0 fully saturated rings. The second kappa shape index (κ2) is 5.36. The first-order valence-corrected chi connectivity index (χ1v) is 5.77. The molecule has 0 unspecified atom stereocenters. The molecule has 0 amide bonds. The number of carbonyl (C=O) groups excluding carboxylic acids is 1. The number of alkyl halides is 3. The summed E-state index contributed by atoms with van der Waals surface area (Å²) in [6.45, 7) is 0. The summed E-state index contributed by atoms with van der Waals surface area (Å²) in [5.74, 6) is 0.386. The van der Waals surface area contributed by atoms with Gasteiger partial charge >= 0.3 is 6.18 Å². The molecular formula is C15H11F3O2. The first-order chi connectivity index (χ1) is 9.47. The summed E-state index contributed by atoms with van der Waals surface area (Å²) in [5.41, 5.74) is 0.652. The number of carbonyl (C=O) groups is 1. The van der Waals surface area contributed by atoms with E-state index in [1.54, 1.807) is 18.2 Å². The van der Waals surface area contributed by atoms with Gasteiger partial charge in [-0.15, -0.1) is 0 Å². The number of benzene rings is 2. The first kappa shape index (κ1) is 14.1. The average Bonchev–Trinajstić information content (AvgIpc) is 2.45. The maximum atomic E-state index is 12.5. The Labute approximate surface area is 113 Å². The van der Waals surface area contributed by atoms with E-state index in [4.69, 9.17) is 4.74 Å². The predicted molar refractivity (Wildman–Crippen MR) is 68.8 cm³/mol. The fraction of sp³-hybridized carbons (Fsp3) is 0.133. The van der Waals surface area contributed by atoms with Crippen molar-refractivity contribution in [2.75, 3.05) is 7.11 Å². The average molecular weight is 280 g/mol. The van der Waals surface area contributed by atoms with E-state index < -0.39 is 11.7 Å². The Hall–Kier alpha value is -2.30. The van der Waals surface area contributed by atoms with Crippen molar-refractivity contribution in [3.05, 3.63) is 53.6 Å². The highest BCUT2D eigenvalue weighted by molar-refractivity contribution is 5.91. The van der Waals surface area contributed by atoms with Crippen LogP contribution in [-0.4, -0.2) is 13.4 Å². The number of hydrogen-bond donors (Lipinski definition) is 0. The summed E-state index contributed by atoms with van der Waals surface area (Å²) < 4.78 is 42.6. The van der Waals surface area contributed by atoms with Crippen LogP contribution in [0.15, 0.2) is 42.5 Å². The molecule has 5 heteroatoms. The maximum absolute atomic E-state index is 12.5. The Morgan fingerprint density at radius 1 is 1.05 bits per heavy atom. The highest BCUT2D eigenvalue weighted by atomic mass is 19.4. The van der Waals surface area contributed by atoms with Crippen LogP contribution >= 0.6 is 0 Å². The van der Waals surface area contributed by atoms with Gasteiger partial charge in [0.25, 0.3) is 0 Å². The van der Waals surface area contributed by atoms with Crippen molar-refractivity contribution in [2.45, 2.75) is 6.18 Å². The van der Waals surface area contributed by atoms with Gasteiger partial charge in [0, 0.05) is 0 Å². The Balaban J connectivity index is 2.50. The van der Waals surface area contributed by atoms with Crippen LogP contribution in [0.1, 0.15) is 15.9 Å². The molecule has 0 bridgehead atoms. The third-order valence-corrected chi connectivity index (χ3v) is 2.93. The minimum Gasteiger partial charge on any atom is -0.496 e. The summed E-state index contributed by atoms with van der Waals surface area (Å²) in [5, 5.41) is 0. The molecule has 0 N–H and O–H groups in total. The lowest BCUT2D eigenvalue weighted by Gasteiger charge is -2.11. The maximum Gasteiger partial charge on any atom is 0.416 e. The largest absolute Gasteiger partial charge is 0.496 e. The highest BCUT2D eigenvalue weighted by Gasteiger charge is 2.30. The number of methoxy groups -OCH3 is 1. The van der Waals surface area contributed by atoms with E-state index >= 15 is 0 Å². The molecule has 2 aromatic rings. The number of halogens is 3. The number of aldehydes is 1. The third kappa shape index (κ3) is 2.66. The smallest absolute Gasteiger partial charge is 0.416 e. The molecule has 0 saturated heterocycles. The Morgan fingerprint density at radius 3 is 2.20 bits per heavy atom. The van der Waals surface area contributed by atoms with Gasteiger partial charge in [-0.1, -0.05) is 24.3 Å². The van der Waals surface area contributed by atoms with Crippen molar-refractivity contribution in [3.8, 4) is 16.9 Å². The third-order valence-electron chi connectivity index (χ3n) is 2.93. The fourth-order valence-corrected chi connectivity index (χ4v) is 1.93. The van der Waals surface area contributed by atoms with Gasteiger partial charge in [-0.25, -0.2) is 0 Å². The van der Waals surface area contributed by atoms with E-state index in [9.17, 15) is 18.0 Å². The van der Waals surface area contributed by atoms with Crippen LogP contribution in [0.25, 0.3) is 11.1 Å². The van der Waals surface area contributed by atoms with E-state index in [1.165, 1.54) is 19.2 Å². The van der Waals surface area contributed by atoms with Gasteiger partial charge in [-0.05, 0) is 29.3 Å². The molecule has 2 nitrogen and oxygen atoms in total. The molecule has 0 aromatic heterocycles. The predicted octanol–water partition coefficient (Wildman–Crippen LogP) is 4.19. The molecule has 0 aliphatic rings. The quantitative estimate of drug-likeness (QED) is 0.788. The van der Waals surface area contributed by atoms with Crippen LogP contribution in [-0.2, 0) is 6.18 Å². The van der Waals surface area contributed by atoms with Crippen LogP contribution in [0.5, 0.6) is 5.75 Å². The highest BCUT2D eigenvalue weighted by Crippen LogP contribution is 2.33. The monoisotopic (exact) mass is 280 g/mol. The molecule has 0 radical (unpaired) electrons. The van der Waals surface area contributed by atoms with Crippen molar-refractivity contribution >= 4 is 6.29 Å². The van der Waals surface area contributed by atoms with Crippen LogP contribution in [0, 0.1) is 0 Å². The van der Waals surface area contributed by atoms with Gasteiger partial charge in [0.15, 0.2) is 6.29 Å². The number of hydrogen-bond acceptors (Lipinski definition) is 2. The zero-order chi connectivity index (χ0) is 14.8. The number of rotatable bonds is 3. The molecule has 0 spiro atoms. The van der Waals surface area contributed by atoms with Crippen molar-refractivity contribution in [2.24, 2.45) is 0 Å². The van der Waals surface area contributed by atoms with Crippen molar-refractivity contribution in [1.82, 2.24) is 0 Å². The van der Waals surface area contributed by atoms with E-state index in [0.717, 1.165) is 12.1 Å². The number of ether oxygens (including phenoxy) is 1. The lowest BCUT2D eigenvalue weighted by atomic mass is 9.98. The topological polar surface area (TPSA) is 26.3 Å². The van der Waals surface area contributed by atoms with Gasteiger partial charge in [-0.3, -0.25) is 4.79 Å². The van der Waals surface area contributed by atoms with Crippen molar-refractivity contribution in [3.63, 3.8) is 0 Å². The van der Waals surface area contributed by atoms with Crippen LogP contribution in [0.3, 0.4) is 0 Å². The standard InChI is InChI=1S/C15H11F3O2/c1-20-14-4-2-3-12(13(14)9-19)10-5-7-11(8-6-10)15(16,17)18/h2-9H,1H3. The van der Waals surface area contributed by atoms with E-state index in [2.05, 4.69) is 0 Å². The lowest BCUT2D eigenvalue weighted by Crippen LogP contribution is -2.04. The van der Waals surface area contributed by atoms with Gasteiger partial charge in [0.05, 0.1) is 18.2 Å². The second-order valence-electron chi connectivity index (χ2n) is 4.11. The fourth-order valence-electron chi connectivity index (χ4n) is 1.93. The molecule has 0 aliphatic carbocycles. The molecule has 0 atom stereocenters. The van der Waals surface area contributed by atoms with Crippen molar-refractivity contribution < 1.29 is 22.7 Å². The summed E-state index contributed by atoms with van der Waals surface area (Å²) in [6, 6.07) is 9.62. The molecule has 0 aliphatic heterocycles. The molecule has 0 saturated carbocycles. The van der Waals surface area contributed by atoms with Crippen LogP contribution < -0.4 is 4.74 Å². The molecule has 2 aromatic carbocycles. The molecule has 104 valence electrons. The molecule has 0 heterocycles. The van der Waals surface area contributed by atoms with Gasteiger partial charge in [0.1, 0.15) is 5.75 Å². The first-order valence-electron chi connectivity index (χ1n) is 5.77. The normalized spacial score (nSPS) is 11.2.